The second-order valence-corrected chi connectivity index (χ2v) is 9.48. The van der Waals surface area contributed by atoms with E-state index in [1.807, 2.05) is 73.0 Å². The van der Waals surface area contributed by atoms with E-state index in [0.717, 1.165) is 17.0 Å². The number of ether oxygens (including phenoxy) is 1. The smallest absolute Gasteiger partial charge is 0.295 e. The number of rotatable bonds is 10. The first kappa shape index (κ1) is 26.0. The van der Waals surface area contributed by atoms with Crippen molar-refractivity contribution in [2.45, 2.75) is 38.6 Å². The summed E-state index contributed by atoms with van der Waals surface area (Å²) < 4.78 is 11.3. The number of aromatic nitrogens is 5. The molecule has 2 aromatic heterocycles. The minimum absolute atomic E-state index is 0.0570. The van der Waals surface area contributed by atoms with Gasteiger partial charge in [0.1, 0.15) is 11.4 Å². The highest BCUT2D eigenvalue weighted by Gasteiger charge is 2.22. The van der Waals surface area contributed by atoms with E-state index in [-0.39, 0.29) is 29.0 Å². The Bertz CT molecular complexity index is 1470. The summed E-state index contributed by atoms with van der Waals surface area (Å²) in [5, 5.41) is 12.0. The molecule has 0 radical (unpaired) electrons. The predicted molar refractivity (Wildman–Crippen MR) is 146 cm³/mol. The summed E-state index contributed by atoms with van der Waals surface area (Å²) in [5.41, 5.74) is 2.37. The third kappa shape index (κ3) is 5.54. The molecule has 0 aliphatic carbocycles. The Balaban J connectivity index is 1.48. The van der Waals surface area contributed by atoms with Crippen LogP contribution in [0.3, 0.4) is 0 Å². The maximum absolute atomic E-state index is 13.1. The molecular formula is C27H30N6O3S. The van der Waals surface area contributed by atoms with Gasteiger partial charge in [-0.25, -0.2) is 4.68 Å². The van der Waals surface area contributed by atoms with Crippen molar-refractivity contribution in [3.05, 3.63) is 94.7 Å². The largest absolute Gasteiger partial charge is 0.482 e. The molecule has 0 aliphatic rings. The number of benzene rings is 2. The third-order valence-electron chi connectivity index (χ3n) is 5.97. The molecule has 1 unspecified atom stereocenters. The molecular weight excluding hydrogens is 488 g/mol. The molecule has 1 amide bonds. The number of carbonyl (C=O) groups is 1. The van der Waals surface area contributed by atoms with Crippen LogP contribution in [0.2, 0.25) is 0 Å². The Morgan fingerprint density at radius 2 is 1.84 bits per heavy atom. The van der Waals surface area contributed by atoms with Gasteiger partial charge in [0.2, 0.25) is 5.91 Å². The van der Waals surface area contributed by atoms with Crippen molar-refractivity contribution in [1.29, 1.82) is 0 Å². The average molecular weight is 519 g/mol. The lowest BCUT2D eigenvalue weighted by Crippen LogP contribution is -2.23. The summed E-state index contributed by atoms with van der Waals surface area (Å²) >= 11 is 1.24. The lowest BCUT2D eigenvalue weighted by atomic mass is 10.2. The Morgan fingerprint density at radius 3 is 2.54 bits per heavy atom. The normalized spacial score (nSPS) is 11.8. The van der Waals surface area contributed by atoms with Crippen LogP contribution in [0.1, 0.15) is 30.1 Å². The van der Waals surface area contributed by atoms with Gasteiger partial charge in [-0.15, -0.1) is 16.8 Å². The molecule has 0 fully saturated rings. The summed E-state index contributed by atoms with van der Waals surface area (Å²) in [6, 6.07) is 17.1. The Kier molecular flexibility index (Phi) is 7.98. The number of thioether (sulfide) groups is 1. The molecule has 37 heavy (non-hydrogen) atoms. The van der Waals surface area contributed by atoms with Gasteiger partial charge in [0, 0.05) is 13.6 Å². The summed E-state index contributed by atoms with van der Waals surface area (Å²) in [6.07, 6.45) is 1.39. The van der Waals surface area contributed by atoms with Gasteiger partial charge in [0.15, 0.2) is 17.1 Å². The number of carbonyl (C=O) groups excluding carboxylic acids is 1. The second kappa shape index (κ2) is 11.3. The fraction of sp³-hybridized carbons (Fsp3) is 0.259. The second-order valence-electron chi connectivity index (χ2n) is 8.54. The molecule has 0 saturated heterocycles. The molecule has 0 saturated carbocycles. The number of nitrogens with one attached hydrogen (secondary N) is 1. The van der Waals surface area contributed by atoms with Crippen molar-refractivity contribution in [2.24, 2.45) is 7.05 Å². The lowest BCUT2D eigenvalue weighted by Gasteiger charge is -2.17. The lowest BCUT2D eigenvalue weighted by molar-refractivity contribution is -0.113. The van der Waals surface area contributed by atoms with Gasteiger partial charge in [-0.05, 0) is 44.5 Å². The Morgan fingerprint density at radius 1 is 1.14 bits per heavy atom. The predicted octanol–water partition coefficient (Wildman–Crippen LogP) is 4.44. The highest BCUT2D eigenvalue weighted by molar-refractivity contribution is 7.99. The van der Waals surface area contributed by atoms with Crippen molar-refractivity contribution >= 4 is 23.4 Å². The van der Waals surface area contributed by atoms with Crippen LogP contribution in [0.25, 0.3) is 5.69 Å². The molecule has 192 valence electrons. The van der Waals surface area contributed by atoms with Crippen molar-refractivity contribution in [1.82, 2.24) is 24.1 Å². The first-order valence-electron chi connectivity index (χ1n) is 11.8. The van der Waals surface area contributed by atoms with Crippen molar-refractivity contribution in [3.8, 4) is 11.4 Å². The fourth-order valence-corrected chi connectivity index (χ4v) is 4.71. The summed E-state index contributed by atoms with van der Waals surface area (Å²) in [6.45, 7) is 10.00. The van der Waals surface area contributed by atoms with Crippen LogP contribution in [0.15, 0.2) is 77.2 Å². The average Bonchev–Trinajstić information content (AvgIpc) is 3.38. The molecule has 2 aromatic carbocycles. The number of hydrogen-bond donors (Lipinski definition) is 1. The van der Waals surface area contributed by atoms with E-state index < -0.39 is 0 Å². The van der Waals surface area contributed by atoms with Gasteiger partial charge >= 0.3 is 0 Å². The number of aryl methyl sites for hydroxylation is 1. The molecule has 1 N–H and O–H groups in total. The molecule has 0 spiro atoms. The summed E-state index contributed by atoms with van der Waals surface area (Å²) in [7, 11) is 1.79. The third-order valence-corrected chi connectivity index (χ3v) is 6.94. The van der Waals surface area contributed by atoms with Crippen LogP contribution in [0.5, 0.6) is 5.75 Å². The van der Waals surface area contributed by atoms with Crippen molar-refractivity contribution < 1.29 is 9.53 Å². The number of para-hydroxylation sites is 2. The van der Waals surface area contributed by atoms with E-state index >= 15 is 0 Å². The number of hydrogen-bond acceptors (Lipinski definition) is 6. The highest BCUT2D eigenvalue weighted by atomic mass is 32.2. The fourth-order valence-electron chi connectivity index (χ4n) is 3.96. The molecule has 2 heterocycles. The number of allylic oxidation sites excluding steroid dienone is 1. The minimum Gasteiger partial charge on any atom is -0.482 e. The van der Waals surface area contributed by atoms with Gasteiger partial charge in [-0.3, -0.25) is 18.8 Å². The van der Waals surface area contributed by atoms with Crippen LogP contribution in [0.4, 0.5) is 5.69 Å². The number of nitrogens with zero attached hydrogens (tertiary/aromatic N) is 5. The highest BCUT2D eigenvalue weighted by Crippen LogP contribution is 2.26. The zero-order valence-corrected chi connectivity index (χ0v) is 22.2. The number of amides is 1. The summed E-state index contributed by atoms with van der Waals surface area (Å²) in [5.74, 6) is 1.16. The maximum atomic E-state index is 13.1. The molecule has 10 heteroatoms. The Hall–Kier alpha value is -4.05. The van der Waals surface area contributed by atoms with Crippen LogP contribution in [-0.4, -0.2) is 35.8 Å². The molecule has 0 bridgehead atoms. The molecule has 1 atom stereocenters. The topological polar surface area (TPSA) is 96.0 Å². The van der Waals surface area contributed by atoms with E-state index in [9.17, 15) is 9.59 Å². The first-order chi connectivity index (χ1) is 17.8. The summed E-state index contributed by atoms with van der Waals surface area (Å²) in [4.78, 5) is 25.9. The van der Waals surface area contributed by atoms with Gasteiger partial charge in [-0.1, -0.05) is 54.2 Å². The van der Waals surface area contributed by atoms with E-state index in [2.05, 4.69) is 22.1 Å². The molecule has 9 nitrogen and oxygen atoms in total. The van der Waals surface area contributed by atoms with E-state index in [0.29, 0.717) is 23.2 Å². The first-order valence-corrected chi connectivity index (χ1v) is 12.8. The van der Waals surface area contributed by atoms with Gasteiger partial charge in [0.25, 0.3) is 5.56 Å². The van der Waals surface area contributed by atoms with Crippen LogP contribution >= 0.6 is 11.8 Å². The standard InChI is InChI=1S/C27H30N6O3S/c1-6-16-32-25(20(4)36-22-15-11-10-12-18(22)2)29-30-27(32)37-17-23(34)28-24-19(3)31(5)33(26(24)35)21-13-8-7-9-14-21/h6-15,20H,1,16-17H2,2-5H3,(H,28,34). The van der Waals surface area contributed by atoms with E-state index in [1.54, 1.807) is 24.7 Å². The van der Waals surface area contributed by atoms with Crippen LogP contribution in [-0.2, 0) is 18.4 Å². The quantitative estimate of drug-likeness (QED) is 0.246. The molecule has 0 aliphatic heterocycles. The zero-order valence-electron chi connectivity index (χ0n) is 21.3. The molecule has 4 aromatic rings. The zero-order chi connectivity index (χ0) is 26.5. The van der Waals surface area contributed by atoms with Crippen molar-refractivity contribution in [2.75, 3.05) is 11.1 Å². The Labute approximate surface area is 219 Å². The van der Waals surface area contributed by atoms with Gasteiger partial charge in [0.05, 0.1) is 17.1 Å². The van der Waals surface area contributed by atoms with Gasteiger partial charge in [-0.2, -0.15) is 0 Å². The van der Waals surface area contributed by atoms with Gasteiger partial charge < -0.3 is 10.1 Å². The van der Waals surface area contributed by atoms with Crippen LogP contribution < -0.4 is 15.6 Å². The monoisotopic (exact) mass is 518 g/mol. The number of anilines is 1. The van der Waals surface area contributed by atoms with E-state index in [1.165, 1.54) is 16.4 Å². The van der Waals surface area contributed by atoms with E-state index in [4.69, 9.17) is 4.74 Å². The minimum atomic E-state index is -0.361. The maximum Gasteiger partial charge on any atom is 0.295 e. The molecule has 4 rings (SSSR count). The SMILES string of the molecule is C=CCn1c(SCC(=O)Nc2c(C)n(C)n(-c3ccccc3)c2=O)nnc1C(C)Oc1ccccc1C. The van der Waals surface area contributed by atoms with Crippen molar-refractivity contribution in [3.63, 3.8) is 0 Å². The van der Waals surface area contributed by atoms with Crippen LogP contribution in [0, 0.1) is 13.8 Å².